The quantitative estimate of drug-likeness (QED) is 0.0219. The third kappa shape index (κ3) is 32.3. The molecular weight excluding hydrogens is 1640 g/mol. The molecule has 0 spiro atoms. The van der Waals surface area contributed by atoms with E-state index in [2.05, 4.69) is 298 Å². The number of carbonyl (C=O) groups excluding carboxylic acids is 1. The highest BCUT2D eigenvalue weighted by Gasteiger charge is 2.44. The zero-order valence-electron chi connectivity index (χ0n) is 81.6. The van der Waals surface area contributed by atoms with Crippen LogP contribution in [0.3, 0.4) is 0 Å². The van der Waals surface area contributed by atoms with Gasteiger partial charge in [0.1, 0.15) is 41.1 Å². The summed E-state index contributed by atoms with van der Waals surface area (Å²) in [7, 11) is 0. The molecule has 14 rings (SSSR count). The van der Waals surface area contributed by atoms with Gasteiger partial charge in [0.05, 0.1) is 35.6 Å². The van der Waals surface area contributed by atoms with Gasteiger partial charge in [0, 0.05) is 5.69 Å². The van der Waals surface area contributed by atoms with Crippen molar-refractivity contribution in [3.8, 4) is 34.5 Å². The third-order valence-electron chi connectivity index (χ3n) is 26.1. The Kier molecular flexibility index (Phi) is 43.0. The van der Waals surface area contributed by atoms with E-state index >= 15 is 0 Å². The number of phenols is 3. The maximum atomic E-state index is 12.3. The first-order valence-electron chi connectivity index (χ1n) is 48.2. The summed E-state index contributed by atoms with van der Waals surface area (Å²) >= 11 is 0. The molecule has 0 heterocycles. The summed E-state index contributed by atoms with van der Waals surface area (Å²) in [5.41, 5.74) is 13.9. The van der Waals surface area contributed by atoms with Gasteiger partial charge in [0.2, 0.25) is 18.9 Å². The Morgan fingerprint density at radius 2 is 0.579 bits per heavy atom. The summed E-state index contributed by atoms with van der Waals surface area (Å²) in [5, 5.41) is 29.8. The third-order valence-corrected chi connectivity index (χ3v) is 26.1. The van der Waals surface area contributed by atoms with E-state index in [1.807, 2.05) is 127 Å². The van der Waals surface area contributed by atoms with E-state index in [-0.39, 0.29) is 24.7 Å². The highest BCUT2D eigenvalue weighted by Crippen LogP contribution is 2.43. The first kappa shape index (κ1) is 105. The molecule has 13 aromatic carbocycles. The Hall–Kier alpha value is -12.2. The van der Waals surface area contributed by atoms with Gasteiger partial charge in [-0.1, -0.05) is 369 Å². The minimum absolute atomic E-state index is 0.0745. The second-order valence-corrected chi connectivity index (χ2v) is 36.0. The Balaban J connectivity index is 0.000000192. The molecule has 13 aromatic rings. The Labute approximate surface area is 796 Å². The van der Waals surface area contributed by atoms with Crippen molar-refractivity contribution < 1.29 is 53.3 Å². The van der Waals surface area contributed by atoms with Crippen molar-refractivity contribution in [1.82, 2.24) is 0 Å². The first-order valence-corrected chi connectivity index (χ1v) is 48.2. The molecular formula is C121H147NO11. The second-order valence-electron chi connectivity index (χ2n) is 36.0. The molecule has 0 aromatic heterocycles. The molecule has 0 saturated heterocycles. The predicted octanol–water partition coefficient (Wildman–Crippen LogP) is 31.9. The molecule has 702 valence electrons. The number of amides is 1. The van der Waals surface area contributed by atoms with Crippen molar-refractivity contribution >= 4 is 11.8 Å². The monoisotopic (exact) mass is 1790 g/mol. The largest absolute Gasteiger partial charge is 0.508 e. The lowest BCUT2D eigenvalue weighted by Crippen LogP contribution is -2.45. The molecule has 1 aliphatic rings. The van der Waals surface area contributed by atoms with Crippen LogP contribution < -0.4 is 19.5 Å². The lowest BCUT2D eigenvalue weighted by Gasteiger charge is -2.39. The summed E-state index contributed by atoms with van der Waals surface area (Å²) in [5.74, 6) is 6.80. The normalized spacial score (nSPS) is 13.9. The number of rotatable bonds is 36. The van der Waals surface area contributed by atoms with Crippen molar-refractivity contribution in [2.75, 3.05) is 18.5 Å². The minimum atomic E-state index is -0.697. The van der Waals surface area contributed by atoms with Gasteiger partial charge in [-0.05, 0) is 266 Å². The molecule has 1 amide bonds. The van der Waals surface area contributed by atoms with Crippen LogP contribution in [0.15, 0.2) is 358 Å². The van der Waals surface area contributed by atoms with E-state index in [9.17, 15) is 4.79 Å². The number of phenolic OH excluding ortho intramolecular Hbond substituents is 3. The average Bonchev–Trinajstić information content (AvgIpc) is 1.44. The van der Waals surface area contributed by atoms with Gasteiger partial charge in [0.15, 0.2) is 0 Å². The van der Waals surface area contributed by atoms with Crippen molar-refractivity contribution in [3.63, 3.8) is 0 Å². The predicted molar refractivity (Wildman–Crippen MR) is 549 cm³/mol. The topological polar surface area (TPSA) is 154 Å². The number of para-hydroxylation sites is 1. The van der Waals surface area contributed by atoms with Crippen molar-refractivity contribution in [3.05, 3.63) is 425 Å². The number of benzene rings is 13. The lowest BCUT2D eigenvalue weighted by molar-refractivity contribution is -0.146. The number of aromatic hydroxyl groups is 3. The lowest BCUT2D eigenvalue weighted by atomic mass is 9.75. The summed E-state index contributed by atoms with van der Waals surface area (Å²) in [4.78, 5) is 12.3. The molecule has 4 N–H and O–H groups in total. The Morgan fingerprint density at radius 3 is 0.887 bits per heavy atom. The van der Waals surface area contributed by atoms with Gasteiger partial charge >= 0.3 is 6.09 Å². The highest BCUT2D eigenvalue weighted by atomic mass is 16.7. The van der Waals surface area contributed by atoms with Crippen LogP contribution in [0, 0.1) is 0 Å². The van der Waals surface area contributed by atoms with Gasteiger partial charge in [-0.2, -0.15) is 0 Å². The average molecular weight is 1790 g/mol. The fourth-order valence-corrected chi connectivity index (χ4v) is 15.7. The van der Waals surface area contributed by atoms with Gasteiger partial charge < -0.3 is 48.5 Å². The molecule has 12 heteroatoms. The highest BCUT2D eigenvalue weighted by molar-refractivity contribution is 5.84. The second kappa shape index (κ2) is 54.7. The summed E-state index contributed by atoms with van der Waals surface area (Å²) < 4.78 is 44.6. The van der Waals surface area contributed by atoms with Crippen LogP contribution in [0.4, 0.5) is 10.5 Å². The van der Waals surface area contributed by atoms with Gasteiger partial charge in [-0.25, -0.2) is 4.79 Å². The molecule has 1 aliphatic carbocycles. The van der Waals surface area contributed by atoms with Crippen LogP contribution in [-0.2, 0) is 41.8 Å². The maximum Gasteiger partial charge on any atom is 0.411 e. The molecule has 0 bridgehead atoms. The number of ether oxygens (including phenoxy) is 7. The molecule has 1 saturated carbocycles. The van der Waals surface area contributed by atoms with Crippen LogP contribution in [0.2, 0.25) is 0 Å². The van der Waals surface area contributed by atoms with Crippen molar-refractivity contribution in [2.24, 2.45) is 0 Å². The molecule has 0 aliphatic heterocycles. The van der Waals surface area contributed by atoms with Crippen LogP contribution in [0.5, 0.6) is 34.5 Å². The standard InChI is InChI=1S/C34H37NO4.C30H36O2.C27H32O2.3C10H14O/c1-4-26(2)27-20-22-31(23-21-27)39-32(37-24-25-38-33(36)35-30-18-12-7-13-19-30)34(3,28-14-8-5-9-15-28)29-16-10-6-11-17-29;1-4-23(2)24-19-21-28(22-20-24)32-29(31-27-17-11-12-18-27)30(3,25-13-7-5-8-14-25)26-15-9-6-10-16-26;1-5-21(2)23-16-18-25(19-17-23)29-26(28-20-22-12-8-6-9-13-22)27(3,4)24-14-10-7-11-15-24;3*1-3-8(2)9-4-6-10(11)7-5-9/h5-23,26,32H,4,24-25H2,1-3H3,(H,35,36);5-10,13-16,19-23,27,29H,4,11-12,17-18H2,1-3H3;6-19,21,26H,5,20H2,1-4H3;3*4-8,11H,3H2,1-2H3. The molecule has 133 heavy (non-hydrogen) atoms. The number of anilines is 1. The van der Waals surface area contributed by atoms with E-state index in [1.54, 1.807) is 48.5 Å². The molecule has 12 nitrogen and oxygen atoms in total. The zero-order chi connectivity index (χ0) is 95.4. The van der Waals surface area contributed by atoms with Gasteiger partial charge in [-0.15, -0.1) is 0 Å². The fourth-order valence-electron chi connectivity index (χ4n) is 15.7. The fraction of sp³-hybridized carbons (Fsp3) is 0.347. The summed E-state index contributed by atoms with van der Waals surface area (Å²) in [6, 6.07) is 119. The van der Waals surface area contributed by atoms with E-state index in [1.165, 1.54) is 62.9 Å². The SMILES string of the molecule is CCC(C)c1ccc(O)cc1.CCC(C)c1ccc(O)cc1.CCC(C)c1ccc(O)cc1.CCC(C)c1ccc(OC(OC2CCCC2)C(C)(c2ccccc2)c2ccccc2)cc1.CCC(C)c1ccc(OC(OCCOC(=O)Nc2ccccc2)C(C)(c2ccccc2)c2ccccc2)cc1.CCC(C)c1ccc(OC(OCc2ccccc2)C(C)(C)c2ccccc2)cc1. The maximum absolute atomic E-state index is 12.3. The van der Waals surface area contributed by atoms with E-state index in [0.29, 0.717) is 70.8 Å². The summed E-state index contributed by atoms with van der Waals surface area (Å²) in [6.07, 6.45) is 9.61. The van der Waals surface area contributed by atoms with E-state index in [4.69, 9.17) is 48.5 Å². The number of hydrogen-bond acceptors (Lipinski definition) is 11. The van der Waals surface area contributed by atoms with Crippen LogP contribution in [0.25, 0.3) is 0 Å². The van der Waals surface area contributed by atoms with Gasteiger partial charge in [0.25, 0.3) is 0 Å². The molecule has 0 radical (unpaired) electrons. The van der Waals surface area contributed by atoms with Crippen LogP contribution in [0.1, 0.15) is 277 Å². The molecule has 9 atom stereocenters. The zero-order valence-corrected chi connectivity index (χ0v) is 81.6. The summed E-state index contributed by atoms with van der Waals surface area (Å²) in [6.45, 7) is 35.9. The Bertz CT molecular complexity index is 5100. The van der Waals surface area contributed by atoms with E-state index < -0.39 is 35.8 Å². The first-order chi connectivity index (χ1) is 64.3. The molecule has 9 unspecified atom stereocenters. The Morgan fingerprint density at radius 1 is 0.316 bits per heavy atom. The minimum Gasteiger partial charge on any atom is -0.508 e. The molecule has 1 fully saturated rings. The van der Waals surface area contributed by atoms with Gasteiger partial charge in [-0.3, -0.25) is 5.32 Å². The van der Waals surface area contributed by atoms with Crippen LogP contribution >= 0.6 is 0 Å². The number of hydrogen-bond donors (Lipinski definition) is 4. The van der Waals surface area contributed by atoms with E-state index in [0.717, 1.165) is 79.6 Å². The smallest absolute Gasteiger partial charge is 0.411 e. The van der Waals surface area contributed by atoms with Crippen molar-refractivity contribution in [2.45, 2.75) is 258 Å². The van der Waals surface area contributed by atoms with Crippen LogP contribution in [-0.4, -0.2) is 59.6 Å². The number of carbonyl (C=O) groups is 1. The van der Waals surface area contributed by atoms with Crippen molar-refractivity contribution in [1.29, 1.82) is 0 Å². The number of nitrogens with one attached hydrogen (secondary N) is 1.